The van der Waals surface area contributed by atoms with Crippen LogP contribution in [0.1, 0.15) is 16.7 Å². The molecule has 26 heavy (non-hydrogen) atoms. The molecule has 3 rings (SSSR count). The van der Waals surface area contributed by atoms with Gasteiger partial charge in [0.1, 0.15) is 5.02 Å². The predicted octanol–water partition coefficient (Wildman–Crippen LogP) is 5.66. The van der Waals surface area contributed by atoms with E-state index >= 15 is 0 Å². The largest absolute Gasteiger partial charge is 0.332 e. The van der Waals surface area contributed by atoms with Crippen LogP contribution in [0.3, 0.4) is 0 Å². The molecule has 0 saturated heterocycles. The zero-order chi connectivity index (χ0) is 18.7. The van der Waals surface area contributed by atoms with Crippen LogP contribution in [0.25, 0.3) is 0 Å². The molecule has 1 heterocycles. The molecule has 0 aliphatic rings. The fourth-order valence-electron chi connectivity index (χ4n) is 2.45. The molecule has 0 spiro atoms. The second-order valence-corrected chi connectivity index (χ2v) is 7.22. The number of aryl methyl sites for hydroxylation is 2. The molecule has 0 aliphatic carbocycles. The van der Waals surface area contributed by atoms with E-state index in [9.17, 15) is 0 Å². The number of hydrogen-bond donors (Lipinski definition) is 2. The van der Waals surface area contributed by atoms with Gasteiger partial charge < -0.3 is 10.6 Å². The Bertz CT molecular complexity index is 952. The molecule has 0 unspecified atom stereocenters. The van der Waals surface area contributed by atoms with Crippen molar-refractivity contribution in [3.05, 3.63) is 75.4 Å². The second kappa shape index (κ2) is 8.08. The molecule has 0 aliphatic heterocycles. The Morgan fingerprint density at radius 2 is 1.81 bits per heavy atom. The molecule has 134 valence electrons. The van der Waals surface area contributed by atoms with Gasteiger partial charge in [0.05, 0.1) is 6.54 Å². The molecule has 0 radical (unpaired) electrons. The van der Waals surface area contributed by atoms with Gasteiger partial charge in [-0.05, 0) is 61.0 Å². The van der Waals surface area contributed by atoms with E-state index in [1.54, 1.807) is 10.9 Å². The Hall–Kier alpha value is -2.08. The minimum Gasteiger partial charge on any atom is -0.332 e. The van der Waals surface area contributed by atoms with Crippen molar-refractivity contribution in [1.29, 1.82) is 0 Å². The van der Waals surface area contributed by atoms with Gasteiger partial charge in [0.25, 0.3) is 0 Å². The highest BCUT2D eigenvalue weighted by atomic mass is 35.5. The van der Waals surface area contributed by atoms with Crippen LogP contribution in [0.15, 0.2) is 48.7 Å². The summed E-state index contributed by atoms with van der Waals surface area (Å²) in [5.41, 5.74) is 4.31. The van der Waals surface area contributed by atoms with Crippen molar-refractivity contribution in [1.82, 2.24) is 9.78 Å². The van der Waals surface area contributed by atoms with Crippen LogP contribution in [0.5, 0.6) is 0 Å². The van der Waals surface area contributed by atoms with Gasteiger partial charge in [0.2, 0.25) is 0 Å². The highest BCUT2D eigenvalue weighted by Crippen LogP contribution is 2.22. The minimum absolute atomic E-state index is 0.429. The summed E-state index contributed by atoms with van der Waals surface area (Å²) in [5, 5.41) is 12.2. The van der Waals surface area contributed by atoms with Gasteiger partial charge in [-0.1, -0.05) is 47.5 Å². The van der Waals surface area contributed by atoms with E-state index in [4.69, 9.17) is 35.4 Å². The number of rotatable bonds is 4. The predicted molar refractivity (Wildman–Crippen MR) is 114 cm³/mol. The monoisotopic (exact) mass is 404 g/mol. The molecule has 3 aromatic rings. The molecule has 2 aromatic carbocycles. The number of aromatic nitrogens is 2. The van der Waals surface area contributed by atoms with E-state index in [0.29, 0.717) is 27.5 Å². The maximum Gasteiger partial charge on any atom is 0.176 e. The quantitative estimate of drug-likeness (QED) is 0.550. The summed E-state index contributed by atoms with van der Waals surface area (Å²) in [5.74, 6) is 0.500. The van der Waals surface area contributed by atoms with Crippen LogP contribution >= 0.6 is 35.4 Å². The lowest BCUT2D eigenvalue weighted by molar-refractivity contribution is 0.690. The molecule has 0 saturated carbocycles. The number of thiocarbonyl (C=S) groups is 1. The Morgan fingerprint density at radius 3 is 2.54 bits per heavy atom. The van der Waals surface area contributed by atoms with E-state index in [1.165, 1.54) is 11.1 Å². The SMILES string of the molecule is Cc1ccc(NC(=S)Nc2nn(Cc3ccccc3Cl)cc2Cl)cc1C. The van der Waals surface area contributed by atoms with Crippen molar-refractivity contribution in [2.24, 2.45) is 0 Å². The zero-order valence-electron chi connectivity index (χ0n) is 14.4. The number of anilines is 2. The lowest BCUT2D eigenvalue weighted by Crippen LogP contribution is -2.20. The van der Waals surface area contributed by atoms with Crippen molar-refractivity contribution >= 4 is 52.0 Å². The van der Waals surface area contributed by atoms with Crippen molar-refractivity contribution in [2.75, 3.05) is 10.6 Å². The Labute approximate surface area is 168 Å². The maximum atomic E-state index is 6.28. The Morgan fingerprint density at radius 1 is 1.04 bits per heavy atom. The first-order valence-corrected chi connectivity index (χ1v) is 9.20. The summed E-state index contributed by atoms with van der Waals surface area (Å²) < 4.78 is 1.73. The summed E-state index contributed by atoms with van der Waals surface area (Å²) in [4.78, 5) is 0. The summed E-state index contributed by atoms with van der Waals surface area (Å²) >= 11 is 17.8. The second-order valence-electron chi connectivity index (χ2n) is 5.99. The fraction of sp³-hybridized carbons (Fsp3) is 0.158. The fourth-order valence-corrected chi connectivity index (χ4v) is 3.06. The molecule has 0 atom stereocenters. The van der Waals surface area contributed by atoms with Gasteiger partial charge >= 0.3 is 0 Å². The van der Waals surface area contributed by atoms with Gasteiger partial charge in [0.15, 0.2) is 10.9 Å². The molecule has 0 fully saturated rings. The van der Waals surface area contributed by atoms with Crippen LogP contribution in [0, 0.1) is 13.8 Å². The zero-order valence-corrected chi connectivity index (χ0v) is 16.7. The van der Waals surface area contributed by atoms with Crippen LogP contribution in [-0.2, 0) is 6.54 Å². The van der Waals surface area contributed by atoms with E-state index < -0.39 is 0 Å². The Balaban J connectivity index is 1.68. The topological polar surface area (TPSA) is 41.9 Å². The highest BCUT2D eigenvalue weighted by molar-refractivity contribution is 7.80. The molecule has 2 N–H and O–H groups in total. The number of nitrogens with one attached hydrogen (secondary N) is 2. The first-order valence-electron chi connectivity index (χ1n) is 8.04. The lowest BCUT2D eigenvalue weighted by atomic mass is 10.1. The van der Waals surface area contributed by atoms with Gasteiger partial charge in [-0.15, -0.1) is 0 Å². The molecular weight excluding hydrogens is 387 g/mol. The standard InChI is InChI=1S/C19H18Cl2N4S/c1-12-7-8-15(9-13(12)2)22-19(26)23-18-17(21)11-25(24-18)10-14-5-3-4-6-16(14)20/h3-9,11H,10H2,1-2H3,(H2,22,23,24,26). The first-order chi connectivity index (χ1) is 12.4. The molecule has 7 heteroatoms. The minimum atomic E-state index is 0.429. The average molecular weight is 405 g/mol. The van der Waals surface area contributed by atoms with E-state index in [0.717, 1.165) is 11.3 Å². The van der Waals surface area contributed by atoms with Gasteiger partial charge in [0, 0.05) is 16.9 Å². The molecule has 0 amide bonds. The van der Waals surface area contributed by atoms with E-state index in [-0.39, 0.29) is 0 Å². The van der Waals surface area contributed by atoms with Crippen LogP contribution in [0.4, 0.5) is 11.5 Å². The molecule has 4 nitrogen and oxygen atoms in total. The van der Waals surface area contributed by atoms with Crippen LogP contribution < -0.4 is 10.6 Å². The maximum absolute atomic E-state index is 6.28. The number of halogens is 2. The van der Waals surface area contributed by atoms with Crippen molar-refractivity contribution in [2.45, 2.75) is 20.4 Å². The Kier molecular flexibility index (Phi) is 5.81. The number of hydrogen-bond acceptors (Lipinski definition) is 2. The highest BCUT2D eigenvalue weighted by Gasteiger charge is 2.10. The third-order valence-corrected chi connectivity index (χ3v) is 4.85. The first kappa shape index (κ1) is 18.7. The number of benzene rings is 2. The van der Waals surface area contributed by atoms with Gasteiger partial charge in [-0.25, -0.2) is 0 Å². The van der Waals surface area contributed by atoms with E-state index in [2.05, 4.69) is 29.6 Å². The van der Waals surface area contributed by atoms with Crippen molar-refractivity contribution in [3.8, 4) is 0 Å². The molecule has 0 bridgehead atoms. The van der Waals surface area contributed by atoms with Gasteiger partial charge in [-0.2, -0.15) is 5.10 Å². The third kappa shape index (κ3) is 4.55. The smallest absolute Gasteiger partial charge is 0.176 e. The number of nitrogens with zero attached hydrogens (tertiary/aromatic N) is 2. The van der Waals surface area contributed by atoms with Crippen LogP contribution in [-0.4, -0.2) is 14.9 Å². The summed E-state index contributed by atoms with van der Waals surface area (Å²) in [6.07, 6.45) is 1.74. The lowest BCUT2D eigenvalue weighted by Gasteiger charge is -2.10. The average Bonchev–Trinajstić information content (AvgIpc) is 2.92. The van der Waals surface area contributed by atoms with Crippen molar-refractivity contribution < 1.29 is 0 Å². The summed E-state index contributed by atoms with van der Waals surface area (Å²) in [6, 6.07) is 13.7. The van der Waals surface area contributed by atoms with Gasteiger partial charge in [-0.3, -0.25) is 4.68 Å². The van der Waals surface area contributed by atoms with E-state index in [1.807, 2.05) is 42.5 Å². The van der Waals surface area contributed by atoms with Crippen LogP contribution in [0.2, 0.25) is 10.0 Å². The summed E-state index contributed by atoms with van der Waals surface area (Å²) in [7, 11) is 0. The third-order valence-electron chi connectivity index (χ3n) is 4.00. The normalized spacial score (nSPS) is 10.6. The molecule has 1 aromatic heterocycles. The van der Waals surface area contributed by atoms with Crippen molar-refractivity contribution in [3.63, 3.8) is 0 Å². The molecular formula is C19H18Cl2N4S. The summed E-state index contributed by atoms with van der Waals surface area (Å²) in [6.45, 7) is 4.66.